The number of rotatable bonds is 4. The van der Waals surface area contributed by atoms with Crippen LogP contribution in [0.5, 0.6) is 0 Å². The van der Waals surface area contributed by atoms with Gasteiger partial charge in [-0.1, -0.05) is 30.3 Å². The smallest absolute Gasteiger partial charge is 0.343 e. The molecule has 1 aromatic carbocycles. The highest BCUT2D eigenvalue weighted by atomic mass is 32.2. The molecular weight excluding hydrogens is 252 g/mol. The molecule has 1 aliphatic heterocycles. The maximum absolute atomic E-state index is 12.3. The Morgan fingerprint density at radius 1 is 1.56 bits per heavy atom. The Hall–Kier alpha value is -1.08. The fraction of sp³-hybridized carbons (Fsp3) is 0.417. The SMILES string of the molecule is CC(CO)OC(=O)C1(c2ccccc2)NNCS1. The van der Waals surface area contributed by atoms with Gasteiger partial charge in [0.25, 0.3) is 0 Å². The normalized spacial score (nSPS) is 24.8. The summed E-state index contributed by atoms with van der Waals surface area (Å²) in [5, 5.41) is 8.96. The minimum Gasteiger partial charge on any atom is -0.458 e. The predicted molar refractivity (Wildman–Crippen MR) is 69.5 cm³/mol. The van der Waals surface area contributed by atoms with Crippen LogP contribution in [0.3, 0.4) is 0 Å². The molecule has 0 spiro atoms. The van der Waals surface area contributed by atoms with Crippen molar-refractivity contribution in [2.45, 2.75) is 17.9 Å². The van der Waals surface area contributed by atoms with Gasteiger partial charge in [0, 0.05) is 0 Å². The maximum Gasteiger partial charge on any atom is 0.343 e. The van der Waals surface area contributed by atoms with Crippen LogP contribution in [-0.4, -0.2) is 29.7 Å². The van der Waals surface area contributed by atoms with Gasteiger partial charge in [0.05, 0.1) is 12.5 Å². The van der Waals surface area contributed by atoms with Gasteiger partial charge in [0.2, 0.25) is 4.87 Å². The van der Waals surface area contributed by atoms with Gasteiger partial charge in [-0.15, -0.1) is 11.8 Å². The number of ether oxygens (including phenoxy) is 1. The largest absolute Gasteiger partial charge is 0.458 e. The number of benzene rings is 1. The number of esters is 1. The first-order valence-electron chi connectivity index (χ1n) is 5.70. The van der Waals surface area contributed by atoms with Crippen molar-refractivity contribution < 1.29 is 14.6 Å². The highest BCUT2D eigenvalue weighted by Crippen LogP contribution is 2.37. The molecule has 18 heavy (non-hydrogen) atoms. The maximum atomic E-state index is 12.3. The molecule has 0 aromatic heterocycles. The highest BCUT2D eigenvalue weighted by Gasteiger charge is 2.46. The topological polar surface area (TPSA) is 70.6 Å². The van der Waals surface area contributed by atoms with Gasteiger partial charge in [-0.25, -0.2) is 15.6 Å². The second-order valence-electron chi connectivity index (χ2n) is 4.04. The van der Waals surface area contributed by atoms with E-state index < -0.39 is 16.9 Å². The number of nitrogens with one attached hydrogen (secondary N) is 2. The lowest BCUT2D eigenvalue weighted by Gasteiger charge is -2.27. The van der Waals surface area contributed by atoms with E-state index in [-0.39, 0.29) is 6.61 Å². The summed E-state index contributed by atoms with van der Waals surface area (Å²) in [6, 6.07) is 9.39. The highest BCUT2D eigenvalue weighted by molar-refractivity contribution is 8.01. The van der Waals surface area contributed by atoms with E-state index in [1.54, 1.807) is 6.92 Å². The molecule has 98 valence electrons. The lowest BCUT2D eigenvalue weighted by molar-refractivity contribution is -0.154. The molecule has 0 bridgehead atoms. The standard InChI is InChI=1S/C12H16N2O3S/c1-9(7-15)17-11(16)12(14-13-8-18-12)10-5-3-2-4-6-10/h2-6,9,13-15H,7-8H2,1H3. The summed E-state index contributed by atoms with van der Waals surface area (Å²) in [6.45, 7) is 1.47. The lowest BCUT2D eigenvalue weighted by atomic mass is 10.1. The van der Waals surface area contributed by atoms with Gasteiger partial charge >= 0.3 is 5.97 Å². The molecule has 3 N–H and O–H groups in total. The fourth-order valence-electron chi connectivity index (χ4n) is 1.70. The summed E-state index contributed by atoms with van der Waals surface area (Å²) in [4.78, 5) is 11.3. The number of aliphatic hydroxyl groups is 1. The molecular formula is C12H16N2O3S. The average Bonchev–Trinajstić information content (AvgIpc) is 2.90. The van der Waals surface area contributed by atoms with Crippen molar-refractivity contribution >= 4 is 17.7 Å². The molecule has 2 atom stereocenters. The zero-order chi connectivity index (χ0) is 13.0. The number of aliphatic hydroxyl groups excluding tert-OH is 1. The van der Waals surface area contributed by atoms with Crippen molar-refractivity contribution in [3.05, 3.63) is 35.9 Å². The van der Waals surface area contributed by atoms with E-state index in [0.29, 0.717) is 5.88 Å². The van der Waals surface area contributed by atoms with E-state index >= 15 is 0 Å². The van der Waals surface area contributed by atoms with Gasteiger partial charge in [-0.05, 0) is 12.5 Å². The molecule has 1 aromatic rings. The Morgan fingerprint density at radius 3 is 2.83 bits per heavy atom. The van der Waals surface area contributed by atoms with Crippen molar-refractivity contribution in [2.75, 3.05) is 12.5 Å². The van der Waals surface area contributed by atoms with E-state index in [4.69, 9.17) is 9.84 Å². The monoisotopic (exact) mass is 268 g/mol. The van der Waals surface area contributed by atoms with Crippen LogP contribution in [0, 0.1) is 0 Å². The number of hydrazine groups is 1. The molecule has 0 aliphatic carbocycles. The van der Waals surface area contributed by atoms with E-state index in [1.807, 2.05) is 30.3 Å². The minimum atomic E-state index is -0.940. The summed E-state index contributed by atoms with van der Waals surface area (Å²) in [5.74, 6) is 0.211. The molecule has 1 saturated heterocycles. The van der Waals surface area contributed by atoms with Crippen LogP contribution in [0.4, 0.5) is 0 Å². The first-order valence-corrected chi connectivity index (χ1v) is 6.69. The van der Waals surface area contributed by atoms with Crippen LogP contribution in [0.15, 0.2) is 30.3 Å². The molecule has 1 aliphatic rings. The number of thioether (sulfide) groups is 1. The van der Waals surface area contributed by atoms with Crippen molar-refractivity contribution in [1.29, 1.82) is 0 Å². The summed E-state index contributed by atoms with van der Waals surface area (Å²) in [6.07, 6.45) is -0.513. The summed E-state index contributed by atoms with van der Waals surface area (Å²) < 4.78 is 5.23. The summed E-state index contributed by atoms with van der Waals surface area (Å²) >= 11 is 1.43. The third kappa shape index (κ3) is 2.51. The molecule has 1 heterocycles. The zero-order valence-electron chi connectivity index (χ0n) is 10.1. The second-order valence-corrected chi connectivity index (χ2v) is 5.23. The first kappa shape index (κ1) is 13.4. The Balaban J connectivity index is 2.25. The van der Waals surface area contributed by atoms with Crippen LogP contribution >= 0.6 is 11.8 Å². The van der Waals surface area contributed by atoms with Crippen molar-refractivity contribution in [2.24, 2.45) is 0 Å². The van der Waals surface area contributed by atoms with Crippen LogP contribution in [0.25, 0.3) is 0 Å². The van der Waals surface area contributed by atoms with E-state index in [9.17, 15) is 4.79 Å². The van der Waals surface area contributed by atoms with Crippen molar-refractivity contribution in [3.63, 3.8) is 0 Å². The Labute approximate surface area is 110 Å². The van der Waals surface area contributed by atoms with Crippen LogP contribution in [0.1, 0.15) is 12.5 Å². The molecule has 2 unspecified atom stereocenters. The van der Waals surface area contributed by atoms with E-state index in [2.05, 4.69) is 10.9 Å². The third-order valence-electron chi connectivity index (χ3n) is 2.66. The lowest BCUT2D eigenvalue weighted by Crippen LogP contribution is -2.48. The number of carbonyl (C=O) groups excluding carboxylic acids is 1. The predicted octanol–water partition coefficient (Wildman–Crippen LogP) is 0.562. The van der Waals surface area contributed by atoms with Gasteiger partial charge in [-0.2, -0.15) is 0 Å². The molecule has 0 amide bonds. The summed E-state index contributed by atoms with van der Waals surface area (Å²) in [7, 11) is 0. The molecule has 1 fully saturated rings. The fourth-order valence-corrected chi connectivity index (χ4v) is 2.67. The molecule has 2 rings (SSSR count). The van der Waals surface area contributed by atoms with Crippen LogP contribution < -0.4 is 10.9 Å². The second kappa shape index (κ2) is 5.71. The Bertz CT molecular complexity index is 407. The van der Waals surface area contributed by atoms with Crippen LogP contribution in [0.2, 0.25) is 0 Å². The van der Waals surface area contributed by atoms with E-state index in [0.717, 1.165) is 5.56 Å². The Morgan fingerprint density at radius 2 is 2.28 bits per heavy atom. The van der Waals surface area contributed by atoms with Crippen molar-refractivity contribution in [1.82, 2.24) is 10.9 Å². The number of hydrogen-bond donors (Lipinski definition) is 3. The van der Waals surface area contributed by atoms with Gasteiger partial charge in [0.15, 0.2) is 0 Å². The number of carbonyl (C=O) groups is 1. The van der Waals surface area contributed by atoms with E-state index in [1.165, 1.54) is 11.8 Å². The van der Waals surface area contributed by atoms with Crippen molar-refractivity contribution in [3.8, 4) is 0 Å². The molecule has 6 heteroatoms. The van der Waals surface area contributed by atoms with Crippen LogP contribution in [-0.2, 0) is 14.4 Å². The molecule has 0 saturated carbocycles. The summed E-state index contributed by atoms with van der Waals surface area (Å²) in [5.41, 5.74) is 6.73. The molecule has 0 radical (unpaired) electrons. The number of hydrogen-bond acceptors (Lipinski definition) is 6. The minimum absolute atomic E-state index is 0.186. The van der Waals surface area contributed by atoms with Gasteiger partial charge in [-0.3, -0.25) is 0 Å². The van der Waals surface area contributed by atoms with Gasteiger partial charge in [0.1, 0.15) is 6.10 Å². The quantitative estimate of drug-likeness (QED) is 0.693. The first-order chi connectivity index (χ1) is 8.69. The average molecular weight is 268 g/mol. The zero-order valence-corrected chi connectivity index (χ0v) is 10.9. The third-order valence-corrected chi connectivity index (χ3v) is 3.88. The van der Waals surface area contributed by atoms with Gasteiger partial charge < -0.3 is 9.84 Å². The Kier molecular flexibility index (Phi) is 4.23. The molecule has 5 nitrogen and oxygen atoms in total.